The lowest BCUT2D eigenvalue weighted by atomic mass is 10.2. The van der Waals surface area contributed by atoms with Crippen LogP contribution < -0.4 is 14.8 Å². The second kappa shape index (κ2) is 10.5. The van der Waals surface area contributed by atoms with E-state index in [1.54, 1.807) is 31.3 Å². The Kier molecular flexibility index (Phi) is 7.53. The fourth-order valence-electron chi connectivity index (χ4n) is 2.69. The zero-order chi connectivity index (χ0) is 20.5. The number of rotatable bonds is 9. The Morgan fingerprint density at radius 1 is 1.03 bits per heavy atom. The summed E-state index contributed by atoms with van der Waals surface area (Å²) in [6, 6.07) is 17.6. The first-order valence-corrected chi connectivity index (χ1v) is 10.3. The van der Waals surface area contributed by atoms with Crippen LogP contribution in [0.25, 0.3) is 0 Å². The zero-order valence-electron chi connectivity index (χ0n) is 16.6. The second-order valence-electron chi connectivity index (χ2n) is 6.46. The molecule has 1 amide bonds. The van der Waals surface area contributed by atoms with E-state index in [0.29, 0.717) is 30.4 Å². The lowest BCUT2D eigenvalue weighted by molar-refractivity contribution is -0.118. The summed E-state index contributed by atoms with van der Waals surface area (Å²) in [5.74, 6) is 1.68. The van der Waals surface area contributed by atoms with Gasteiger partial charge in [0, 0.05) is 23.8 Å². The summed E-state index contributed by atoms with van der Waals surface area (Å²) in [6.45, 7) is 2.92. The summed E-state index contributed by atoms with van der Waals surface area (Å²) in [5, 5.41) is 2.95. The maximum absolute atomic E-state index is 12.2. The summed E-state index contributed by atoms with van der Waals surface area (Å²) in [7, 11) is 1.61. The predicted molar refractivity (Wildman–Crippen MR) is 115 cm³/mol. The summed E-state index contributed by atoms with van der Waals surface area (Å²) in [5.41, 5.74) is 3.16. The van der Waals surface area contributed by atoms with Crippen LogP contribution in [-0.4, -0.2) is 23.8 Å². The molecule has 0 unspecified atom stereocenters. The summed E-state index contributed by atoms with van der Waals surface area (Å²) < 4.78 is 11.3. The van der Waals surface area contributed by atoms with Crippen LogP contribution in [0.4, 0.5) is 0 Å². The van der Waals surface area contributed by atoms with E-state index in [1.165, 1.54) is 5.56 Å². The van der Waals surface area contributed by atoms with Crippen LogP contribution in [0.2, 0.25) is 0 Å². The molecule has 29 heavy (non-hydrogen) atoms. The van der Waals surface area contributed by atoms with Crippen LogP contribution in [0.5, 0.6) is 11.5 Å². The molecule has 1 aromatic heterocycles. The van der Waals surface area contributed by atoms with Crippen molar-refractivity contribution in [3.05, 3.63) is 83.7 Å². The van der Waals surface area contributed by atoms with Crippen LogP contribution in [0, 0.1) is 6.92 Å². The van der Waals surface area contributed by atoms with Crippen molar-refractivity contribution in [2.75, 3.05) is 12.9 Å². The van der Waals surface area contributed by atoms with E-state index in [9.17, 15) is 4.79 Å². The minimum atomic E-state index is -0.00441. The van der Waals surface area contributed by atoms with E-state index in [4.69, 9.17) is 9.47 Å². The molecule has 3 aromatic rings. The molecule has 0 saturated carbocycles. The topological polar surface area (TPSA) is 60.5 Å². The molecule has 1 heterocycles. The first-order valence-electron chi connectivity index (χ1n) is 9.29. The number of aryl methyl sites for hydroxylation is 1. The number of methoxy groups -OCH3 is 1. The quantitative estimate of drug-likeness (QED) is 0.532. The van der Waals surface area contributed by atoms with Crippen LogP contribution in [-0.2, 0) is 17.9 Å². The number of ether oxygens (including phenoxy) is 2. The Labute approximate surface area is 175 Å². The highest BCUT2D eigenvalue weighted by Crippen LogP contribution is 2.29. The van der Waals surface area contributed by atoms with Gasteiger partial charge in [0.25, 0.3) is 0 Å². The van der Waals surface area contributed by atoms with Crippen LogP contribution in [0.3, 0.4) is 0 Å². The third kappa shape index (κ3) is 6.26. The summed E-state index contributed by atoms with van der Waals surface area (Å²) in [4.78, 5) is 17.3. The summed E-state index contributed by atoms with van der Waals surface area (Å²) in [6.07, 6.45) is 3.47. The molecule has 0 aliphatic heterocycles. The second-order valence-corrected chi connectivity index (χ2v) is 7.48. The number of carbonyl (C=O) groups is 1. The standard InChI is InChI=1S/C23H24N2O3S/c1-17-5-3-4-6-22(17)29-16-23(26)25-14-19-7-8-20(21(13-19)27-2)28-15-18-9-11-24-12-10-18/h3-13H,14-16H2,1-2H3,(H,25,26). The number of pyridine rings is 1. The van der Waals surface area contributed by atoms with Crippen molar-refractivity contribution >= 4 is 17.7 Å². The van der Waals surface area contributed by atoms with Gasteiger partial charge in [-0.1, -0.05) is 24.3 Å². The maximum atomic E-state index is 12.2. The molecule has 0 radical (unpaired) electrons. The minimum Gasteiger partial charge on any atom is -0.493 e. The predicted octanol–water partition coefficient (Wildman–Crippen LogP) is 4.39. The summed E-state index contributed by atoms with van der Waals surface area (Å²) >= 11 is 1.54. The van der Waals surface area contributed by atoms with E-state index in [1.807, 2.05) is 61.5 Å². The molecule has 6 heteroatoms. The molecule has 0 atom stereocenters. The van der Waals surface area contributed by atoms with E-state index >= 15 is 0 Å². The Balaban J connectivity index is 1.51. The van der Waals surface area contributed by atoms with Gasteiger partial charge < -0.3 is 14.8 Å². The molecule has 1 N–H and O–H groups in total. The average Bonchev–Trinajstić information content (AvgIpc) is 2.76. The fraction of sp³-hybridized carbons (Fsp3) is 0.217. The molecule has 0 aliphatic carbocycles. The van der Waals surface area contributed by atoms with Crippen molar-refractivity contribution in [1.29, 1.82) is 0 Å². The number of hydrogen-bond acceptors (Lipinski definition) is 5. The highest BCUT2D eigenvalue weighted by molar-refractivity contribution is 8.00. The lowest BCUT2D eigenvalue weighted by Gasteiger charge is -2.13. The van der Waals surface area contributed by atoms with Crippen molar-refractivity contribution < 1.29 is 14.3 Å². The number of thioether (sulfide) groups is 1. The molecular formula is C23H24N2O3S. The van der Waals surface area contributed by atoms with Gasteiger partial charge >= 0.3 is 0 Å². The largest absolute Gasteiger partial charge is 0.493 e. The SMILES string of the molecule is COc1cc(CNC(=O)CSc2ccccc2C)ccc1OCc1ccncc1. The number of hydrogen-bond donors (Lipinski definition) is 1. The monoisotopic (exact) mass is 408 g/mol. The van der Waals surface area contributed by atoms with Crippen LogP contribution in [0.1, 0.15) is 16.7 Å². The van der Waals surface area contributed by atoms with E-state index in [2.05, 4.69) is 10.3 Å². The first kappa shape index (κ1) is 20.7. The maximum Gasteiger partial charge on any atom is 0.230 e. The van der Waals surface area contributed by atoms with Crippen LogP contribution >= 0.6 is 11.8 Å². The van der Waals surface area contributed by atoms with E-state index in [0.717, 1.165) is 16.0 Å². The molecule has 0 spiro atoms. The van der Waals surface area contributed by atoms with Gasteiger partial charge in [-0.25, -0.2) is 0 Å². The highest BCUT2D eigenvalue weighted by Gasteiger charge is 2.08. The molecule has 150 valence electrons. The molecule has 2 aromatic carbocycles. The third-order valence-electron chi connectivity index (χ3n) is 4.31. The Hall–Kier alpha value is -2.99. The normalized spacial score (nSPS) is 10.4. The number of nitrogens with one attached hydrogen (secondary N) is 1. The number of carbonyl (C=O) groups excluding carboxylic acids is 1. The van der Waals surface area contributed by atoms with Gasteiger partial charge in [-0.05, 0) is 53.9 Å². The Morgan fingerprint density at radius 3 is 2.59 bits per heavy atom. The van der Waals surface area contributed by atoms with Crippen molar-refractivity contribution in [2.24, 2.45) is 0 Å². The zero-order valence-corrected chi connectivity index (χ0v) is 17.4. The highest BCUT2D eigenvalue weighted by atomic mass is 32.2. The van der Waals surface area contributed by atoms with Crippen LogP contribution in [0.15, 0.2) is 71.9 Å². The van der Waals surface area contributed by atoms with Gasteiger partial charge in [0.2, 0.25) is 5.91 Å². The smallest absolute Gasteiger partial charge is 0.230 e. The van der Waals surface area contributed by atoms with E-state index in [-0.39, 0.29) is 5.91 Å². The van der Waals surface area contributed by atoms with Crippen molar-refractivity contribution in [3.8, 4) is 11.5 Å². The average molecular weight is 409 g/mol. The molecule has 3 rings (SSSR count). The fourth-order valence-corrected chi connectivity index (χ4v) is 3.55. The molecule has 0 aliphatic rings. The third-order valence-corrected chi connectivity index (χ3v) is 5.49. The van der Waals surface area contributed by atoms with Crippen molar-refractivity contribution in [2.45, 2.75) is 25.0 Å². The molecule has 0 bridgehead atoms. The molecule has 0 saturated heterocycles. The van der Waals surface area contributed by atoms with Gasteiger partial charge in [-0.15, -0.1) is 11.8 Å². The van der Waals surface area contributed by atoms with Crippen molar-refractivity contribution in [3.63, 3.8) is 0 Å². The Morgan fingerprint density at radius 2 is 1.83 bits per heavy atom. The molecule has 0 fully saturated rings. The number of nitrogens with zero attached hydrogens (tertiary/aromatic N) is 1. The molecule has 5 nitrogen and oxygen atoms in total. The van der Waals surface area contributed by atoms with Gasteiger partial charge in [-0.2, -0.15) is 0 Å². The lowest BCUT2D eigenvalue weighted by Crippen LogP contribution is -2.24. The van der Waals surface area contributed by atoms with Crippen molar-refractivity contribution in [1.82, 2.24) is 10.3 Å². The minimum absolute atomic E-state index is 0.00441. The van der Waals surface area contributed by atoms with Gasteiger partial charge in [0.15, 0.2) is 11.5 Å². The van der Waals surface area contributed by atoms with Gasteiger partial charge in [-0.3, -0.25) is 9.78 Å². The van der Waals surface area contributed by atoms with Gasteiger partial charge in [0.1, 0.15) is 6.61 Å². The first-order chi connectivity index (χ1) is 14.2. The number of amides is 1. The van der Waals surface area contributed by atoms with E-state index < -0.39 is 0 Å². The van der Waals surface area contributed by atoms with Gasteiger partial charge in [0.05, 0.1) is 12.9 Å². The number of benzene rings is 2. The number of aromatic nitrogens is 1. The molecular weight excluding hydrogens is 384 g/mol. The Bertz CT molecular complexity index is 948.